The van der Waals surface area contributed by atoms with Crippen molar-refractivity contribution in [2.75, 3.05) is 12.4 Å². The molecule has 0 aliphatic heterocycles. The van der Waals surface area contributed by atoms with Crippen LogP contribution < -0.4 is 10.1 Å². The molecule has 3 heterocycles. The zero-order chi connectivity index (χ0) is 21.8. The highest BCUT2D eigenvalue weighted by molar-refractivity contribution is 7.19. The number of aromatic nitrogens is 5. The van der Waals surface area contributed by atoms with E-state index >= 15 is 0 Å². The van der Waals surface area contributed by atoms with Crippen molar-refractivity contribution in [1.29, 1.82) is 0 Å². The maximum Gasteiger partial charge on any atom is 0.183 e. The van der Waals surface area contributed by atoms with Crippen LogP contribution in [0.5, 0.6) is 5.75 Å². The van der Waals surface area contributed by atoms with Crippen LogP contribution >= 0.6 is 11.3 Å². The molecule has 4 rings (SSSR count). The van der Waals surface area contributed by atoms with Gasteiger partial charge in [-0.3, -0.25) is 9.36 Å². The molecule has 0 spiro atoms. The number of thiazole rings is 1. The Balaban J connectivity index is 1.39. The van der Waals surface area contributed by atoms with Crippen molar-refractivity contribution in [2.24, 2.45) is 0 Å². The van der Waals surface area contributed by atoms with Gasteiger partial charge in [0.15, 0.2) is 5.13 Å². The number of hydrogen-bond acceptors (Lipinski definition) is 6. The summed E-state index contributed by atoms with van der Waals surface area (Å²) in [5, 5.41) is 13.6. The molecular formula is C23H28N6OS. The Kier molecular flexibility index (Phi) is 6.36. The maximum absolute atomic E-state index is 5.22. The van der Waals surface area contributed by atoms with Gasteiger partial charge in [0.05, 0.1) is 23.4 Å². The molecule has 0 fully saturated rings. The highest BCUT2D eigenvalue weighted by Gasteiger charge is 2.13. The molecule has 3 aromatic heterocycles. The summed E-state index contributed by atoms with van der Waals surface area (Å²) in [6.07, 6.45) is 5.05. The van der Waals surface area contributed by atoms with E-state index in [0.717, 1.165) is 52.4 Å². The number of rotatable bonds is 9. The minimum Gasteiger partial charge on any atom is -0.497 e. The minimum absolute atomic E-state index is 0.717. The van der Waals surface area contributed by atoms with E-state index in [9.17, 15) is 0 Å². The van der Waals surface area contributed by atoms with Crippen molar-refractivity contribution in [1.82, 2.24) is 24.5 Å². The van der Waals surface area contributed by atoms with Gasteiger partial charge in [0, 0.05) is 37.6 Å². The maximum atomic E-state index is 5.22. The fraction of sp³-hybridized carbons (Fsp3) is 0.348. The van der Waals surface area contributed by atoms with Gasteiger partial charge in [-0.25, -0.2) is 4.98 Å². The first-order valence-electron chi connectivity index (χ1n) is 10.5. The lowest BCUT2D eigenvalue weighted by atomic mass is 10.1. The van der Waals surface area contributed by atoms with Gasteiger partial charge in [-0.1, -0.05) is 23.5 Å². The smallest absolute Gasteiger partial charge is 0.183 e. The zero-order valence-electron chi connectivity index (χ0n) is 18.4. The summed E-state index contributed by atoms with van der Waals surface area (Å²) in [4.78, 5) is 5.80. The summed E-state index contributed by atoms with van der Waals surface area (Å²) >= 11 is 1.64. The van der Waals surface area contributed by atoms with E-state index in [1.54, 1.807) is 18.4 Å². The lowest BCUT2D eigenvalue weighted by Crippen LogP contribution is -2.02. The van der Waals surface area contributed by atoms with Crippen molar-refractivity contribution in [3.63, 3.8) is 0 Å². The number of benzene rings is 1. The fourth-order valence-corrected chi connectivity index (χ4v) is 4.35. The molecule has 0 unspecified atom stereocenters. The van der Waals surface area contributed by atoms with E-state index < -0.39 is 0 Å². The number of anilines is 1. The van der Waals surface area contributed by atoms with Crippen LogP contribution in [0.2, 0.25) is 0 Å². The molecule has 4 aromatic rings. The molecule has 0 amide bonds. The molecule has 0 saturated heterocycles. The Bertz CT molecular complexity index is 1140. The predicted octanol–water partition coefficient (Wildman–Crippen LogP) is 4.70. The largest absolute Gasteiger partial charge is 0.497 e. The molecule has 0 saturated carbocycles. The third-order valence-electron chi connectivity index (χ3n) is 5.26. The second-order valence-electron chi connectivity index (χ2n) is 7.44. The van der Waals surface area contributed by atoms with Crippen LogP contribution in [0.1, 0.15) is 29.4 Å². The highest BCUT2D eigenvalue weighted by atomic mass is 32.1. The van der Waals surface area contributed by atoms with Gasteiger partial charge in [0.1, 0.15) is 11.4 Å². The number of ether oxygens (including phenoxy) is 1. The van der Waals surface area contributed by atoms with E-state index in [4.69, 9.17) is 14.8 Å². The highest BCUT2D eigenvalue weighted by Crippen LogP contribution is 2.32. The molecule has 0 bridgehead atoms. The molecule has 1 N–H and O–H groups in total. The molecule has 0 aliphatic rings. The first-order valence-corrected chi connectivity index (χ1v) is 11.3. The number of methoxy groups -OCH3 is 1. The monoisotopic (exact) mass is 436 g/mol. The number of aryl methyl sites for hydroxylation is 5. The van der Waals surface area contributed by atoms with Gasteiger partial charge in [-0.2, -0.15) is 10.2 Å². The molecule has 7 nitrogen and oxygen atoms in total. The van der Waals surface area contributed by atoms with Gasteiger partial charge in [0.25, 0.3) is 0 Å². The zero-order valence-corrected chi connectivity index (χ0v) is 19.2. The fourth-order valence-electron chi connectivity index (χ4n) is 3.42. The summed E-state index contributed by atoms with van der Waals surface area (Å²) in [7, 11) is 1.68. The van der Waals surface area contributed by atoms with Crippen molar-refractivity contribution in [3.8, 4) is 16.3 Å². The molecule has 0 radical (unpaired) electrons. The second kappa shape index (κ2) is 9.34. The molecule has 0 atom stereocenters. The number of nitrogens with one attached hydrogen (secondary N) is 1. The lowest BCUT2D eigenvalue weighted by Gasteiger charge is -2.04. The topological polar surface area (TPSA) is 69.8 Å². The van der Waals surface area contributed by atoms with Crippen molar-refractivity contribution in [2.45, 2.75) is 46.8 Å². The van der Waals surface area contributed by atoms with E-state index in [-0.39, 0.29) is 0 Å². The first kappa shape index (κ1) is 21.1. The van der Waals surface area contributed by atoms with Crippen molar-refractivity contribution in [3.05, 3.63) is 65.2 Å². The molecular weight excluding hydrogens is 408 g/mol. The third-order valence-corrected chi connectivity index (χ3v) is 6.40. The van der Waals surface area contributed by atoms with Crippen LogP contribution in [0.4, 0.5) is 5.13 Å². The van der Waals surface area contributed by atoms with Gasteiger partial charge in [-0.15, -0.1) is 0 Å². The summed E-state index contributed by atoms with van der Waals surface area (Å²) in [6.45, 7) is 8.59. The Morgan fingerprint density at radius 2 is 1.84 bits per heavy atom. The van der Waals surface area contributed by atoms with Gasteiger partial charge in [0.2, 0.25) is 0 Å². The minimum atomic E-state index is 0.717. The van der Waals surface area contributed by atoms with Crippen LogP contribution in [0.25, 0.3) is 10.6 Å². The average Bonchev–Trinajstić information content (AvgIpc) is 3.49. The number of nitrogens with zero attached hydrogens (tertiary/aromatic N) is 5. The first-order chi connectivity index (χ1) is 15.1. The Labute approximate surface area is 186 Å². The van der Waals surface area contributed by atoms with Gasteiger partial charge < -0.3 is 10.1 Å². The van der Waals surface area contributed by atoms with Crippen LogP contribution in [0.15, 0.2) is 42.7 Å². The standard InChI is InChI=1S/C23H28N6OS/c1-5-28-15-19(16(2)26-28)14-24-23-25-17(3)22(31-23)21-11-13-29(27-21)12-10-18-6-8-20(30-4)9-7-18/h6-9,11,13,15H,5,10,12,14H2,1-4H3,(H,24,25). The predicted molar refractivity (Wildman–Crippen MR) is 125 cm³/mol. The van der Waals surface area contributed by atoms with Crippen LogP contribution in [-0.2, 0) is 26.1 Å². The van der Waals surface area contributed by atoms with Crippen LogP contribution in [0, 0.1) is 13.8 Å². The van der Waals surface area contributed by atoms with E-state index in [0.29, 0.717) is 6.54 Å². The van der Waals surface area contributed by atoms with Crippen molar-refractivity contribution >= 4 is 16.5 Å². The summed E-state index contributed by atoms with van der Waals surface area (Å²) < 4.78 is 9.18. The lowest BCUT2D eigenvalue weighted by molar-refractivity contribution is 0.414. The van der Waals surface area contributed by atoms with Crippen LogP contribution in [-0.4, -0.2) is 31.7 Å². The quantitative estimate of drug-likeness (QED) is 0.412. The van der Waals surface area contributed by atoms with Crippen LogP contribution in [0.3, 0.4) is 0 Å². The Morgan fingerprint density at radius 1 is 1.03 bits per heavy atom. The van der Waals surface area contributed by atoms with E-state index in [2.05, 4.69) is 41.7 Å². The van der Waals surface area contributed by atoms with E-state index in [1.165, 1.54) is 11.1 Å². The normalized spacial score (nSPS) is 11.1. The Hall–Kier alpha value is -3.13. The van der Waals surface area contributed by atoms with Crippen molar-refractivity contribution < 1.29 is 4.74 Å². The van der Waals surface area contributed by atoms with Gasteiger partial charge in [-0.05, 0) is 51.0 Å². The summed E-state index contributed by atoms with van der Waals surface area (Å²) in [6, 6.07) is 10.2. The molecule has 162 valence electrons. The summed E-state index contributed by atoms with van der Waals surface area (Å²) in [5.41, 5.74) is 5.47. The van der Waals surface area contributed by atoms with Gasteiger partial charge >= 0.3 is 0 Å². The molecule has 1 aromatic carbocycles. The second-order valence-corrected chi connectivity index (χ2v) is 8.44. The molecule has 0 aliphatic carbocycles. The number of hydrogen-bond donors (Lipinski definition) is 1. The Morgan fingerprint density at radius 3 is 2.55 bits per heavy atom. The summed E-state index contributed by atoms with van der Waals surface area (Å²) in [5.74, 6) is 0.879. The van der Waals surface area contributed by atoms with E-state index in [1.807, 2.05) is 41.5 Å². The molecule has 31 heavy (non-hydrogen) atoms. The molecule has 8 heteroatoms. The third kappa shape index (κ3) is 4.96. The average molecular weight is 437 g/mol. The SMILES string of the molecule is CCn1cc(CNc2nc(C)c(-c3ccn(CCc4ccc(OC)cc4)n3)s2)c(C)n1.